The second kappa shape index (κ2) is 13.9. The number of hydrogen-bond acceptors (Lipinski definition) is 6. The molecule has 1 aliphatic carbocycles. The Labute approximate surface area is 201 Å². The predicted molar refractivity (Wildman–Crippen MR) is 131 cm³/mol. The van der Waals surface area contributed by atoms with Crippen molar-refractivity contribution in [2.24, 2.45) is 22.2 Å². The van der Waals surface area contributed by atoms with Crippen LogP contribution in [0.2, 0.25) is 0 Å². The van der Waals surface area contributed by atoms with Gasteiger partial charge in [0.25, 0.3) is 0 Å². The van der Waals surface area contributed by atoms with Gasteiger partial charge in [0.1, 0.15) is 6.61 Å². The van der Waals surface area contributed by atoms with E-state index in [1.807, 2.05) is 0 Å². The minimum Gasteiger partial charge on any atom is -0.469 e. The van der Waals surface area contributed by atoms with E-state index in [2.05, 4.69) is 40.9 Å². The first kappa shape index (κ1) is 29.4. The molecule has 0 N–H and O–H groups in total. The summed E-state index contributed by atoms with van der Waals surface area (Å²) in [6.07, 6.45) is 8.66. The Morgan fingerprint density at radius 1 is 1.00 bits per heavy atom. The highest BCUT2D eigenvalue weighted by Gasteiger charge is 2.42. The number of hydrogen-bond donors (Lipinski definition) is 0. The molecular formula is C27H46O6. The molecule has 6 nitrogen and oxygen atoms in total. The molecule has 0 aromatic rings. The van der Waals surface area contributed by atoms with Crippen LogP contribution in [0.4, 0.5) is 0 Å². The summed E-state index contributed by atoms with van der Waals surface area (Å²) in [5.74, 6) is -0.129. The number of esters is 2. The van der Waals surface area contributed by atoms with Crippen LogP contribution in [0.25, 0.3) is 0 Å². The molecule has 2 atom stereocenters. The molecular weight excluding hydrogens is 420 g/mol. The fourth-order valence-corrected chi connectivity index (χ4v) is 5.37. The highest BCUT2D eigenvalue weighted by atomic mass is 16.5. The molecule has 0 spiro atoms. The third kappa shape index (κ3) is 10.9. The molecule has 0 amide bonds. The summed E-state index contributed by atoms with van der Waals surface area (Å²) >= 11 is 0. The quantitative estimate of drug-likeness (QED) is 0.170. The summed E-state index contributed by atoms with van der Waals surface area (Å²) in [6.45, 7) is 18.2. The van der Waals surface area contributed by atoms with E-state index in [9.17, 15) is 9.59 Å². The SMILES string of the molecule is C=CCOCC(CC)(COCC=C)COC(=O)CC1CC(C)(C)CC(C)(CCC(=O)OC)C1. The van der Waals surface area contributed by atoms with Crippen molar-refractivity contribution >= 4 is 11.9 Å². The molecule has 0 heterocycles. The molecule has 1 saturated carbocycles. The zero-order valence-electron chi connectivity index (χ0n) is 21.6. The van der Waals surface area contributed by atoms with E-state index in [1.54, 1.807) is 12.2 Å². The van der Waals surface area contributed by atoms with E-state index in [0.29, 0.717) is 39.3 Å². The van der Waals surface area contributed by atoms with Gasteiger partial charge in [-0.3, -0.25) is 9.59 Å². The van der Waals surface area contributed by atoms with Crippen molar-refractivity contribution in [3.05, 3.63) is 25.3 Å². The summed E-state index contributed by atoms with van der Waals surface area (Å²) in [7, 11) is 1.43. The maximum Gasteiger partial charge on any atom is 0.306 e. The Bertz CT molecular complexity index is 627. The Balaban J connectivity index is 2.74. The molecule has 0 aromatic carbocycles. The van der Waals surface area contributed by atoms with Crippen molar-refractivity contribution in [3.63, 3.8) is 0 Å². The smallest absolute Gasteiger partial charge is 0.306 e. The second-order valence-corrected chi connectivity index (χ2v) is 10.8. The second-order valence-electron chi connectivity index (χ2n) is 10.8. The van der Waals surface area contributed by atoms with Crippen LogP contribution in [0, 0.1) is 22.2 Å². The number of methoxy groups -OCH3 is 1. The molecule has 33 heavy (non-hydrogen) atoms. The lowest BCUT2D eigenvalue weighted by Crippen LogP contribution is -2.39. The molecule has 0 radical (unpaired) electrons. The first-order valence-electron chi connectivity index (χ1n) is 12.1. The molecule has 190 valence electrons. The van der Waals surface area contributed by atoms with Gasteiger partial charge in [0.15, 0.2) is 0 Å². The minimum atomic E-state index is -0.400. The van der Waals surface area contributed by atoms with E-state index in [4.69, 9.17) is 18.9 Å². The molecule has 1 fully saturated rings. The Morgan fingerprint density at radius 3 is 2.12 bits per heavy atom. The molecule has 0 aliphatic heterocycles. The standard InChI is InChI=1S/C27H46O6/c1-8-13-31-19-27(10-3,20-32-14-9-2)21-33-24(29)15-22-16-25(4,5)18-26(6,17-22)12-11-23(28)30-7/h8-9,22H,1-2,10-21H2,3-7H3. The monoisotopic (exact) mass is 466 g/mol. The lowest BCUT2D eigenvalue weighted by molar-refractivity contribution is -0.154. The van der Waals surface area contributed by atoms with E-state index in [1.165, 1.54) is 7.11 Å². The van der Waals surface area contributed by atoms with Gasteiger partial charge in [0.05, 0.1) is 39.0 Å². The fraction of sp³-hybridized carbons (Fsp3) is 0.778. The van der Waals surface area contributed by atoms with Gasteiger partial charge in [-0.2, -0.15) is 0 Å². The van der Waals surface area contributed by atoms with Crippen LogP contribution in [-0.2, 0) is 28.5 Å². The topological polar surface area (TPSA) is 71.1 Å². The molecule has 0 saturated heterocycles. The number of carbonyl (C=O) groups excluding carboxylic acids is 2. The fourth-order valence-electron chi connectivity index (χ4n) is 5.37. The zero-order valence-corrected chi connectivity index (χ0v) is 21.6. The van der Waals surface area contributed by atoms with Gasteiger partial charge in [-0.1, -0.05) is 39.8 Å². The summed E-state index contributed by atoms with van der Waals surface area (Å²) in [6, 6.07) is 0. The van der Waals surface area contributed by atoms with E-state index < -0.39 is 5.41 Å². The Morgan fingerprint density at radius 2 is 1.61 bits per heavy atom. The minimum absolute atomic E-state index is 0.00508. The summed E-state index contributed by atoms with van der Waals surface area (Å²) in [5.41, 5.74) is -0.286. The van der Waals surface area contributed by atoms with Crippen LogP contribution in [-0.4, -0.2) is 52.1 Å². The highest BCUT2D eigenvalue weighted by Crippen LogP contribution is 2.51. The molecule has 0 aromatic heterocycles. The average Bonchev–Trinajstić information content (AvgIpc) is 2.74. The average molecular weight is 467 g/mol. The van der Waals surface area contributed by atoms with Gasteiger partial charge in [-0.15, -0.1) is 13.2 Å². The van der Waals surface area contributed by atoms with Crippen LogP contribution < -0.4 is 0 Å². The number of ether oxygens (including phenoxy) is 4. The first-order chi connectivity index (χ1) is 15.5. The van der Waals surface area contributed by atoms with Crippen LogP contribution >= 0.6 is 0 Å². The van der Waals surface area contributed by atoms with Crippen molar-refractivity contribution < 1.29 is 28.5 Å². The first-order valence-corrected chi connectivity index (χ1v) is 12.1. The van der Waals surface area contributed by atoms with Crippen molar-refractivity contribution in [2.75, 3.05) is 40.1 Å². The lowest BCUT2D eigenvalue weighted by Gasteiger charge is -2.46. The molecule has 0 bridgehead atoms. The van der Waals surface area contributed by atoms with Gasteiger partial charge in [0, 0.05) is 12.8 Å². The third-order valence-electron chi connectivity index (χ3n) is 6.72. The number of carbonyl (C=O) groups is 2. The zero-order chi connectivity index (χ0) is 25.0. The van der Waals surface area contributed by atoms with Crippen LogP contribution in [0.15, 0.2) is 25.3 Å². The van der Waals surface area contributed by atoms with Crippen molar-refractivity contribution in [1.29, 1.82) is 0 Å². The summed E-state index contributed by atoms with van der Waals surface area (Å²) in [4.78, 5) is 24.5. The van der Waals surface area contributed by atoms with Crippen molar-refractivity contribution in [2.45, 2.75) is 72.6 Å². The van der Waals surface area contributed by atoms with Crippen molar-refractivity contribution in [3.8, 4) is 0 Å². The van der Waals surface area contributed by atoms with E-state index in [-0.39, 0.29) is 35.3 Å². The highest BCUT2D eigenvalue weighted by molar-refractivity contribution is 5.70. The molecule has 2 unspecified atom stereocenters. The normalized spacial score (nSPS) is 22.4. The molecule has 6 heteroatoms. The maximum absolute atomic E-state index is 12.9. The Hall–Kier alpha value is -1.66. The van der Waals surface area contributed by atoms with E-state index in [0.717, 1.165) is 32.1 Å². The Kier molecular flexibility index (Phi) is 12.4. The predicted octanol–water partition coefficient (Wildman–Crippen LogP) is 5.51. The largest absolute Gasteiger partial charge is 0.469 e. The molecule has 1 aliphatic rings. The number of rotatable bonds is 16. The van der Waals surface area contributed by atoms with Crippen LogP contribution in [0.5, 0.6) is 0 Å². The van der Waals surface area contributed by atoms with E-state index >= 15 is 0 Å². The van der Waals surface area contributed by atoms with Crippen LogP contribution in [0.3, 0.4) is 0 Å². The van der Waals surface area contributed by atoms with Crippen LogP contribution in [0.1, 0.15) is 72.6 Å². The van der Waals surface area contributed by atoms with Gasteiger partial charge in [0.2, 0.25) is 0 Å². The molecule has 1 rings (SSSR count). The van der Waals surface area contributed by atoms with Gasteiger partial charge >= 0.3 is 11.9 Å². The van der Waals surface area contributed by atoms with Gasteiger partial charge in [-0.25, -0.2) is 0 Å². The maximum atomic E-state index is 12.9. The third-order valence-corrected chi connectivity index (χ3v) is 6.72. The van der Waals surface area contributed by atoms with Gasteiger partial charge in [-0.05, 0) is 48.9 Å². The summed E-state index contributed by atoms with van der Waals surface area (Å²) in [5, 5.41) is 0. The lowest BCUT2D eigenvalue weighted by atomic mass is 9.59. The summed E-state index contributed by atoms with van der Waals surface area (Å²) < 4.78 is 22.0. The van der Waals surface area contributed by atoms with Gasteiger partial charge < -0.3 is 18.9 Å². The van der Waals surface area contributed by atoms with Crippen molar-refractivity contribution in [1.82, 2.24) is 0 Å².